The van der Waals surface area contributed by atoms with Crippen LogP contribution in [0.4, 0.5) is 13.2 Å². The van der Waals surface area contributed by atoms with Crippen molar-refractivity contribution in [2.75, 3.05) is 7.11 Å². The number of hydrogen-bond donors (Lipinski definition) is 0. The minimum atomic E-state index is -4.52. The van der Waals surface area contributed by atoms with Crippen molar-refractivity contribution in [2.45, 2.75) is 38.9 Å². The maximum atomic E-state index is 13.8. The molecular weight excluding hydrogens is 421 g/mol. The van der Waals surface area contributed by atoms with E-state index in [1.807, 2.05) is 11.5 Å². The molecule has 1 aliphatic rings. The third kappa shape index (κ3) is 3.90. The van der Waals surface area contributed by atoms with Gasteiger partial charge in [-0.15, -0.1) is 0 Å². The van der Waals surface area contributed by atoms with Crippen LogP contribution >= 0.6 is 0 Å². The van der Waals surface area contributed by atoms with Gasteiger partial charge in [0.2, 0.25) is 0 Å². The van der Waals surface area contributed by atoms with Gasteiger partial charge >= 0.3 is 12.1 Å². The van der Waals surface area contributed by atoms with Crippen LogP contribution in [0.1, 0.15) is 52.8 Å². The van der Waals surface area contributed by atoms with Crippen LogP contribution in [0, 0.1) is 13.8 Å². The second kappa shape index (κ2) is 8.22. The zero-order chi connectivity index (χ0) is 23.0. The molecule has 32 heavy (non-hydrogen) atoms. The number of pyridine rings is 1. The Labute approximate surface area is 182 Å². The van der Waals surface area contributed by atoms with E-state index in [1.165, 1.54) is 20.1 Å². The number of ether oxygens (including phenoxy) is 1. The molecule has 4 rings (SSSR count). The van der Waals surface area contributed by atoms with Crippen LogP contribution in [-0.2, 0) is 15.7 Å². The van der Waals surface area contributed by atoms with Gasteiger partial charge < -0.3 is 4.74 Å². The van der Waals surface area contributed by atoms with E-state index in [0.29, 0.717) is 34.9 Å². The number of esters is 1. The van der Waals surface area contributed by atoms with E-state index < -0.39 is 23.8 Å². The van der Waals surface area contributed by atoms with Crippen molar-refractivity contribution < 1.29 is 22.7 Å². The van der Waals surface area contributed by atoms with Crippen molar-refractivity contribution >= 4 is 11.7 Å². The number of hydrogen-bond acceptors (Lipinski definition) is 5. The average molecular weight is 442 g/mol. The fourth-order valence-corrected chi connectivity index (χ4v) is 3.92. The van der Waals surface area contributed by atoms with Crippen molar-refractivity contribution in [3.05, 3.63) is 76.6 Å². The predicted octanol–water partition coefficient (Wildman–Crippen LogP) is 4.75. The van der Waals surface area contributed by atoms with Crippen molar-refractivity contribution in [2.24, 2.45) is 4.99 Å². The molecule has 0 N–H and O–H groups in total. The Morgan fingerprint density at radius 1 is 1.19 bits per heavy atom. The molecule has 9 heteroatoms. The highest BCUT2D eigenvalue weighted by Gasteiger charge is 2.36. The number of benzene rings is 1. The number of carbonyl (C=O) groups is 1. The summed E-state index contributed by atoms with van der Waals surface area (Å²) < 4.78 is 47.9. The van der Waals surface area contributed by atoms with Gasteiger partial charge in [0.05, 0.1) is 29.8 Å². The number of imidazole rings is 1. The topological polar surface area (TPSA) is 69.4 Å². The number of fused-ring (bicyclic) bond motifs is 3. The van der Waals surface area contributed by atoms with E-state index in [2.05, 4.69) is 9.97 Å². The Morgan fingerprint density at radius 2 is 1.97 bits per heavy atom. The number of halogens is 3. The van der Waals surface area contributed by atoms with Crippen LogP contribution in [-0.4, -0.2) is 33.3 Å². The summed E-state index contributed by atoms with van der Waals surface area (Å²) in [6.07, 6.45) is -0.918. The molecule has 0 saturated heterocycles. The molecule has 1 aromatic carbocycles. The molecule has 0 saturated carbocycles. The van der Waals surface area contributed by atoms with Gasteiger partial charge in [0.1, 0.15) is 11.9 Å². The molecule has 0 aliphatic carbocycles. The molecule has 0 bridgehead atoms. The second-order valence-corrected chi connectivity index (χ2v) is 7.60. The Kier molecular flexibility index (Phi) is 5.58. The molecular formula is C23H21F3N4O2. The summed E-state index contributed by atoms with van der Waals surface area (Å²) in [5.74, 6) is 0.157. The van der Waals surface area contributed by atoms with Crippen LogP contribution in [0.25, 0.3) is 5.69 Å². The zero-order valence-electron chi connectivity index (χ0n) is 17.8. The van der Waals surface area contributed by atoms with Crippen LogP contribution in [0.3, 0.4) is 0 Å². The number of aliphatic imine (C=N–C) groups is 1. The second-order valence-electron chi connectivity index (χ2n) is 7.60. The fraction of sp³-hybridized carbons (Fsp3) is 0.304. The third-order valence-corrected chi connectivity index (χ3v) is 5.45. The lowest BCUT2D eigenvalue weighted by Crippen LogP contribution is -2.15. The molecule has 0 radical (unpaired) electrons. The van der Waals surface area contributed by atoms with Crippen molar-refractivity contribution in [1.82, 2.24) is 14.5 Å². The third-order valence-electron chi connectivity index (χ3n) is 5.45. The Hall–Kier alpha value is -3.49. The normalized spacial score (nSPS) is 15.4. The maximum Gasteiger partial charge on any atom is 0.416 e. The highest BCUT2D eigenvalue weighted by molar-refractivity contribution is 6.14. The maximum absolute atomic E-state index is 13.8. The summed E-state index contributed by atoms with van der Waals surface area (Å²) in [6, 6.07) is 7.25. The quantitative estimate of drug-likeness (QED) is 0.547. The van der Waals surface area contributed by atoms with Gasteiger partial charge in [-0.05, 0) is 50.1 Å². The van der Waals surface area contributed by atoms with Gasteiger partial charge in [-0.25, -0.2) is 4.98 Å². The summed E-state index contributed by atoms with van der Waals surface area (Å²) in [5, 5.41) is 0. The Balaban J connectivity index is 2.00. The van der Waals surface area contributed by atoms with Crippen molar-refractivity contribution in [1.29, 1.82) is 0 Å². The molecule has 0 fully saturated rings. The first kappa shape index (κ1) is 21.7. The molecule has 166 valence electrons. The van der Waals surface area contributed by atoms with Gasteiger partial charge in [-0.2, -0.15) is 13.2 Å². The lowest BCUT2D eigenvalue weighted by atomic mass is 9.97. The number of rotatable bonds is 4. The highest BCUT2D eigenvalue weighted by Crippen LogP contribution is 2.39. The summed E-state index contributed by atoms with van der Waals surface area (Å²) in [4.78, 5) is 25.4. The van der Waals surface area contributed by atoms with Crippen LogP contribution in [0.2, 0.25) is 0 Å². The molecule has 0 spiro atoms. The molecule has 3 aromatic rings. The largest absolute Gasteiger partial charge is 0.469 e. The molecule has 6 nitrogen and oxygen atoms in total. The van der Waals surface area contributed by atoms with Gasteiger partial charge in [-0.1, -0.05) is 6.07 Å². The summed E-state index contributed by atoms with van der Waals surface area (Å²) in [5.41, 5.74) is 1.75. The number of aryl methyl sites for hydroxylation is 2. The molecule has 0 unspecified atom stereocenters. The van der Waals surface area contributed by atoms with Crippen molar-refractivity contribution in [3.8, 4) is 5.69 Å². The summed E-state index contributed by atoms with van der Waals surface area (Å²) >= 11 is 0. The Bertz CT molecular complexity index is 1200. The number of aromatic nitrogens is 3. The van der Waals surface area contributed by atoms with E-state index >= 15 is 0 Å². The molecule has 1 atom stereocenters. The van der Waals surface area contributed by atoms with Gasteiger partial charge in [-0.3, -0.25) is 19.3 Å². The van der Waals surface area contributed by atoms with E-state index in [4.69, 9.17) is 9.73 Å². The molecule has 3 heterocycles. The van der Waals surface area contributed by atoms with Crippen molar-refractivity contribution in [3.63, 3.8) is 0 Å². The van der Waals surface area contributed by atoms with E-state index in [1.54, 1.807) is 30.6 Å². The molecule has 1 aliphatic heterocycles. The lowest BCUT2D eigenvalue weighted by Gasteiger charge is -2.18. The fourth-order valence-electron chi connectivity index (χ4n) is 3.92. The monoisotopic (exact) mass is 442 g/mol. The van der Waals surface area contributed by atoms with Gasteiger partial charge in [0, 0.05) is 30.1 Å². The number of alkyl halides is 3. The highest BCUT2D eigenvalue weighted by atomic mass is 19.4. The molecule has 2 aromatic heterocycles. The standard InChI is InChI=1S/C23H21F3N4O2/c1-13-10-19-15(11-16(13)23(24,25)26)21(17-6-4-5-9-27-17)29-18(7-8-20(31)32-3)22-28-12-14(2)30(19)22/h4-6,9-12,18H,7-8H2,1-3H3/t18-/m0/s1. The Morgan fingerprint density at radius 3 is 2.62 bits per heavy atom. The minimum Gasteiger partial charge on any atom is -0.469 e. The summed E-state index contributed by atoms with van der Waals surface area (Å²) in [7, 11) is 1.31. The number of carbonyl (C=O) groups excluding carboxylic acids is 1. The van der Waals surface area contributed by atoms with Crippen LogP contribution < -0.4 is 0 Å². The first-order chi connectivity index (χ1) is 15.2. The average Bonchev–Trinajstić information content (AvgIpc) is 3.08. The number of nitrogens with zero attached hydrogens (tertiary/aromatic N) is 4. The SMILES string of the molecule is COC(=O)CC[C@@H]1N=C(c2ccccn2)c2cc(C(F)(F)F)c(C)cc2-n2c(C)cnc21. The van der Waals surface area contributed by atoms with Gasteiger partial charge in [0.25, 0.3) is 0 Å². The van der Waals surface area contributed by atoms with Crippen LogP contribution in [0.5, 0.6) is 0 Å². The van der Waals surface area contributed by atoms with E-state index in [-0.39, 0.29) is 12.0 Å². The van der Waals surface area contributed by atoms with Crippen LogP contribution in [0.15, 0.2) is 47.7 Å². The number of methoxy groups -OCH3 is 1. The minimum absolute atomic E-state index is 0.0925. The smallest absolute Gasteiger partial charge is 0.416 e. The van der Waals surface area contributed by atoms with E-state index in [9.17, 15) is 18.0 Å². The predicted molar refractivity (Wildman–Crippen MR) is 112 cm³/mol. The zero-order valence-corrected chi connectivity index (χ0v) is 17.8. The molecule has 0 amide bonds. The van der Waals surface area contributed by atoms with E-state index in [0.717, 1.165) is 11.8 Å². The summed E-state index contributed by atoms with van der Waals surface area (Å²) in [6.45, 7) is 3.27. The first-order valence-electron chi connectivity index (χ1n) is 10.0. The lowest BCUT2D eigenvalue weighted by molar-refractivity contribution is -0.141. The first-order valence-corrected chi connectivity index (χ1v) is 10.0. The van der Waals surface area contributed by atoms with Gasteiger partial charge in [0.15, 0.2) is 0 Å².